The zero-order valence-electron chi connectivity index (χ0n) is 12.1. The van der Waals surface area contributed by atoms with E-state index in [2.05, 4.69) is 31.3 Å². The SMILES string of the molecule is COc1cc(C2(C(C)C)CCCCCN2)ccc1Cl. The molecule has 1 aliphatic rings. The van der Waals surface area contributed by atoms with Crippen LogP contribution in [0.3, 0.4) is 0 Å². The van der Waals surface area contributed by atoms with E-state index in [1.54, 1.807) is 7.11 Å². The Labute approximate surface area is 121 Å². The van der Waals surface area contributed by atoms with Gasteiger partial charge in [-0.1, -0.05) is 44.4 Å². The van der Waals surface area contributed by atoms with Gasteiger partial charge in [-0.2, -0.15) is 0 Å². The van der Waals surface area contributed by atoms with E-state index in [9.17, 15) is 0 Å². The molecule has 1 unspecified atom stereocenters. The summed E-state index contributed by atoms with van der Waals surface area (Å²) >= 11 is 6.15. The van der Waals surface area contributed by atoms with Crippen LogP contribution in [0.4, 0.5) is 0 Å². The van der Waals surface area contributed by atoms with Crippen LogP contribution in [0.1, 0.15) is 45.1 Å². The summed E-state index contributed by atoms with van der Waals surface area (Å²) in [5, 5.41) is 4.46. The van der Waals surface area contributed by atoms with Crippen molar-refractivity contribution >= 4 is 11.6 Å². The normalized spacial score (nSPS) is 24.3. The van der Waals surface area contributed by atoms with Crippen molar-refractivity contribution in [1.29, 1.82) is 0 Å². The van der Waals surface area contributed by atoms with Gasteiger partial charge in [0.05, 0.1) is 12.1 Å². The average Bonchev–Trinajstić information content (AvgIpc) is 2.66. The van der Waals surface area contributed by atoms with Crippen molar-refractivity contribution < 1.29 is 4.74 Å². The molecule has 3 heteroatoms. The van der Waals surface area contributed by atoms with Crippen LogP contribution in [0, 0.1) is 5.92 Å². The van der Waals surface area contributed by atoms with E-state index in [4.69, 9.17) is 16.3 Å². The molecule has 1 aromatic carbocycles. The zero-order chi connectivity index (χ0) is 13.9. The fourth-order valence-corrected chi connectivity index (χ4v) is 3.31. The Morgan fingerprint density at radius 2 is 2.05 bits per heavy atom. The molecule has 0 saturated carbocycles. The third kappa shape index (κ3) is 2.90. The first-order chi connectivity index (χ1) is 9.10. The van der Waals surface area contributed by atoms with Crippen molar-refractivity contribution in [2.24, 2.45) is 5.92 Å². The molecule has 106 valence electrons. The summed E-state index contributed by atoms with van der Waals surface area (Å²) < 4.78 is 5.37. The van der Waals surface area contributed by atoms with E-state index in [0.29, 0.717) is 10.9 Å². The van der Waals surface area contributed by atoms with Crippen LogP contribution in [-0.2, 0) is 5.54 Å². The van der Waals surface area contributed by atoms with Crippen LogP contribution >= 0.6 is 11.6 Å². The molecule has 1 aliphatic heterocycles. The average molecular weight is 282 g/mol. The molecule has 1 N–H and O–H groups in total. The number of nitrogens with one attached hydrogen (secondary N) is 1. The number of halogens is 1. The van der Waals surface area contributed by atoms with E-state index in [-0.39, 0.29) is 5.54 Å². The van der Waals surface area contributed by atoms with Crippen LogP contribution in [-0.4, -0.2) is 13.7 Å². The third-order valence-corrected chi connectivity index (χ3v) is 4.65. The fraction of sp³-hybridized carbons (Fsp3) is 0.625. The maximum Gasteiger partial charge on any atom is 0.137 e. The van der Waals surface area contributed by atoms with Gasteiger partial charge in [0.2, 0.25) is 0 Å². The Bertz CT molecular complexity index is 423. The summed E-state index contributed by atoms with van der Waals surface area (Å²) in [7, 11) is 1.67. The number of rotatable bonds is 3. The van der Waals surface area contributed by atoms with E-state index in [0.717, 1.165) is 12.3 Å². The Hall–Kier alpha value is -0.730. The standard InChI is InChI=1S/C16H24ClNO/c1-12(2)16(9-5-4-6-10-18-16)13-7-8-14(17)15(11-13)19-3/h7-8,11-12,18H,4-6,9-10H2,1-3H3. The van der Waals surface area contributed by atoms with E-state index < -0.39 is 0 Å². The summed E-state index contributed by atoms with van der Waals surface area (Å²) in [5.74, 6) is 1.31. The molecular formula is C16H24ClNO. The molecule has 1 fully saturated rings. The molecule has 1 saturated heterocycles. The van der Waals surface area contributed by atoms with Gasteiger partial charge in [-0.05, 0) is 43.0 Å². The highest BCUT2D eigenvalue weighted by Gasteiger charge is 2.36. The molecule has 0 spiro atoms. The number of hydrogen-bond acceptors (Lipinski definition) is 2. The minimum absolute atomic E-state index is 0.0500. The van der Waals surface area contributed by atoms with Crippen LogP contribution < -0.4 is 10.1 Å². The monoisotopic (exact) mass is 281 g/mol. The van der Waals surface area contributed by atoms with Gasteiger partial charge in [-0.3, -0.25) is 0 Å². The molecule has 0 aromatic heterocycles. The van der Waals surface area contributed by atoms with Crippen LogP contribution in [0.5, 0.6) is 5.75 Å². The molecule has 2 nitrogen and oxygen atoms in total. The topological polar surface area (TPSA) is 21.3 Å². The molecule has 0 aliphatic carbocycles. The molecule has 1 atom stereocenters. The van der Waals surface area contributed by atoms with Crippen molar-refractivity contribution in [1.82, 2.24) is 5.32 Å². The second-order valence-electron chi connectivity index (χ2n) is 5.71. The number of ether oxygens (including phenoxy) is 1. The highest BCUT2D eigenvalue weighted by Crippen LogP contribution is 2.39. The lowest BCUT2D eigenvalue weighted by atomic mass is 9.76. The quantitative estimate of drug-likeness (QED) is 0.889. The Morgan fingerprint density at radius 3 is 2.74 bits per heavy atom. The maximum absolute atomic E-state index is 6.15. The summed E-state index contributed by atoms with van der Waals surface area (Å²) in [6.45, 7) is 5.67. The third-order valence-electron chi connectivity index (χ3n) is 4.34. The lowest BCUT2D eigenvalue weighted by Crippen LogP contribution is -2.46. The minimum atomic E-state index is 0.0500. The Balaban J connectivity index is 2.43. The second-order valence-corrected chi connectivity index (χ2v) is 6.12. The van der Waals surface area contributed by atoms with Crippen molar-refractivity contribution in [3.63, 3.8) is 0 Å². The number of benzene rings is 1. The molecule has 0 radical (unpaired) electrons. The predicted octanol–water partition coefficient (Wildman–Crippen LogP) is 4.36. The number of methoxy groups -OCH3 is 1. The molecule has 1 aromatic rings. The predicted molar refractivity (Wildman–Crippen MR) is 81.0 cm³/mol. The molecule has 19 heavy (non-hydrogen) atoms. The van der Waals surface area contributed by atoms with Crippen molar-refractivity contribution in [2.45, 2.75) is 45.1 Å². The lowest BCUT2D eigenvalue weighted by molar-refractivity contribution is 0.230. The lowest BCUT2D eigenvalue weighted by Gasteiger charge is -2.39. The van der Waals surface area contributed by atoms with Crippen molar-refractivity contribution in [3.05, 3.63) is 28.8 Å². The number of hydrogen-bond donors (Lipinski definition) is 1. The summed E-state index contributed by atoms with van der Waals surface area (Å²) in [4.78, 5) is 0. The first kappa shape index (κ1) is 14.7. The van der Waals surface area contributed by atoms with Gasteiger partial charge in [0.15, 0.2) is 0 Å². The largest absolute Gasteiger partial charge is 0.495 e. The minimum Gasteiger partial charge on any atom is -0.495 e. The van der Waals surface area contributed by atoms with E-state index >= 15 is 0 Å². The second kappa shape index (κ2) is 6.15. The van der Waals surface area contributed by atoms with E-state index in [1.807, 2.05) is 6.07 Å². The van der Waals surface area contributed by atoms with Gasteiger partial charge in [0.1, 0.15) is 5.75 Å². The Morgan fingerprint density at radius 1 is 1.26 bits per heavy atom. The van der Waals surface area contributed by atoms with Gasteiger partial charge >= 0.3 is 0 Å². The fourth-order valence-electron chi connectivity index (χ4n) is 3.12. The highest BCUT2D eigenvalue weighted by atomic mass is 35.5. The van der Waals surface area contributed by atoms with Crippen molar-refractivity contribution in [2.75, 3.05) is 13.7 Å². The summed E-state index contributed by atoms with van der Waals surface area (Å²) in [6, 6.07) is 6.19. The van der Waals surface area contributed by atoms with Crippen molar-refractivity contribution in [3.8, 4) is 5.75 Å². The van der Waals surface area contributed by atoms with Gasteiger partial charge < -0.3 is 10.1 Å². The first-order valence-electron chi connectivity index (χ1n) is 7.19. The molecular weight excluding hydrogens is 258 g/mol. The van der Waals surface area contributed by atoms with Crippen LogP contribution in [0.15, 0.2) is 18.2 Å². The van der Waals surface area contributed by atoms with Gasteiger partial charge in [0, 0.05) is 5.54 Å². The highest BCUT2D eigenvalue weighted by molar-refractivity contribution is 6.32. The molecule has 1 heterocycles. The molecule has 0 bridgehead atoms. The smallest absolute Gasteiger partial charge is 0.137 e. The zero-order valence-corrected chi connectivity index (χ0v) is 12.9. The van der Waals surface area contributed by atoms with Crippen LogP contribution in [0.25, 0.3) is 0 Å². The van der Waals surface area contributed by atoms with Crippen LogP contribution in [0.2, 0.25) is 5.02 Å². The molecule has 0 amide bonds. The van der Waals surface area contributed by atoms with E-state index in [1.165, 1.54) is 31.2 Å². The van der Waals surface area contributed by atoms with Gasteiger partial charge in [0.25, 0.3) is 0 Å². The summed E-state index contributed by atoms with van der Waals surface area (Å²) in [5.41, 5.74) is 1.35. The Kier molecular flexibility index (Phi) is 4.75. The van der Waals surface area contributed by atoms with Gasteiger partial charge in [-0.15, -0.1) is 0 Å². The first-order valence-corrected chi connectivity index (χ1v) is 7.57. The maximum atomic E-state index is 6.15. The summed E-state index contributed by atoms with van der Waals surface area (Å²) in [6.07, 6.45) is 5.02. The van der Waals surface area contributed by atoms with Gasteiger partial charge in [-0.25, -0.2) is 0 Å². The molecule has 2 rings (SSSR count).